The summed E-state index contributed by atoms with van der Waals surface area (Å²) in [5.74, 6) is 0.550. The Kier molecular flexibility index (Phi) is 19.9. The number of thiol groups is 1. The van der Waals surface area contributed by atoms with E-state index in [1.54, 1.807) is 6.08 Å². The third-order valence-electron chi connectivity index (χ3n) is 2.63. The van der Waals surface area contributed by atoms with Crippen molar-refractivity contribution in [2.24, 2.45) is 0 Å². The highest BCUT2D eigenvalue weighted by Gasteiger charge is 1.97. The molecule has 0 fully saturated rings. The highest BCUT2D eigenvalue weighted by molar-refractivity contribution is 7.80. The molecule has 0 spiro atoms. The molecule has 0 aromatic carbocycles. The molecule has 24 heavy (non-hydrogen) atoms. The van der Waals surface area contributed by atoms with Crippen molar-refractivity contribution < 1.29 is 28.5 Å². The van der Waals surface area contributed by atoms with Gasteiger partial charge in [0.15, 0.2) is 0 Å². The molecule has 0 radical (unpaired) electrons. The molecule has 1 N–H and O–H groups in total. The van der Waals surface area contributed by atoms with Crippen LogP contribution in [-0.2, 0) is 28.5 Å². The van der Waals surface area contributed by atoms with Crippen LogP contribution in [-0.4, -0.2) is 84.3 Å². The number of carbonyl (C=O) groups is 1. The van der Waals surface area contributed by atoms with Gasteiger partial charge in [0.25, 0.3) is 0 Å². The summed E-state index contributed by atoms with van der Waals surface area (Å²) in [7, 11) is 0. The molecule has 0 saturated heterocycles. The predicted octanol–water partition coefficient (Wildman–Crippen LogP) is 0.692. The van der Waals surface area contributed by atoms with E-state index < -0.39 is 0 Å². The molecule has 0 unspecified atom stereocenters. The number of ether oxygens (including phenoxy) is 5. The van der Waals surface area contributed by atoms with E-state index in [0.29, 0.717) is 84.8 Å². The van der Waals surface area contributed by atoms with Crippen LogP contribution in [0.5, 0.6) is 0 Å². The van der Waals surface area contributed by atoms with Gasteiger partial charge in [0.1, 0.15) is 0 Å². The molecule has 0 heterocycles. The fourth-order valence-electron chi connectivity index (χ4n) is 1.50. The lowest BCUT2D eigenvalue weighted by molar-refractivity contribution is -0.120. The van der Waals surface area contributed by atoms with Gasteiger partial charge in [0.05, 0.1) is 66.1 Å². The Balaban J connectivity index is 3.02. The molecule has 7 nitrogen and oxygen atoms in total. The van der Waals surface area contributed by atoms with Crippen molar-refractivity contribution in [3.63, 3.8) is 0 Å². The molecular formula is C16H31NO6S. The van der Waals surface area contributed by atoms with Crippen LogP contribution in [0.1, 0.15) is 6.42 Å². The van der Waals surface area contributed by atoms with Crippen LogP contribution in [0.3, 0.4) is 0 Å². The SMILES string of the molecule is C=CCOCCOCCOCCOCCOCCNC(=O)CCS. The van der Waals surface area contributed by atoms with Gasteiger partial charge in [-0.3, -0.25) is 4.79 Å². The standard InChI is InChI=1S/C16H31NO6S/c1-2-5-19-7-9-21-11-13-23-14-12-22-10-8-20-6-4-17-16(18)3-15-24/h2,24H,1,3-15H2,(H,17,18). The summed E-state index contributed by atoms with van der Waals surface area (Å²) in [6.07, 6.45) is 2.14. The van der Waals surface area contributed by atoms with E-state index in [1.807, 2.05) is 0 Å². The molecule has 0 aromatic rings. The highest BCUT2D eigenvalue weighted by Crippen LogP contribution is 1.85. The second-order valence-corrected chi connectivity index (χ2v) is 5.08. The van der Waals surface area contributed by atoms with Gasteiger partial charge in [-0.1, -0.05) is 6.08 Å². The maximum absolute atomic E-state index is 11.1. The minimum absolute atomic E-state index is 0.00438. The van der Waals surface area contributed by atoms with Crippen LogP contribution in [0.4, 0.5) is 0 Å². The topological polar surface area (TPSA) is 75.2 Å². The lowest BCUT2D eigenvalue weighted by atomic mass is 10.4. The summed E-state index contributed by atoms with van der Waals surface area (Å²) in [6, 6.07) is 0. The van der Waals surface area contributed by atoms with E-state index in [4.69, 9.17) is 23.7 Å². The van der Waals surface area contributed by atoms with Crippen LogP contribution in [0.2, 0.25) is 0 Å². The molecular weight excluding hydrogens is 334 g/mol. The fourth-order valence-corrected chi connectivity index (χ4v) is 1.70. The number of rotatable bonds is 19. The Hall–Kier alpha value is -0.640. The summed E-state index contributed by atoms with van der Waals surface area (Å²) in [4.78, 5) is 11.1. The van der Waals surface area contributed by atoms with E-state index in [1.165, 1.54) is 0 Å². The second-order valence-electron chi connectivity index (χ2n) is 4.64. The molecule has 0 saturated carbocycles. The van der Waals surface area contributed by atoms with Gasteiger partial charge in [-0.2, -0.15) is 12.6 Å². The fraction of sp³-hybridized carbons (Fsp3) is 0.812. The minimum atomic E-state index is -0.00438. The smallest absolute Gasteiger partial charge is 0.220 e. The average Bonchev–Trinajstić information content (AvgIpc) is 2.58. The third-order valence-corrected chi connectivity index (χ3v) is 2.85. The minimum Gasteiger partial charge on any atom is -0.377 e. The van der Waals surface area contributed by atoms with E-state index >= 15 is 0 Å². The van der Waals surface area contributed by atoms with Gasteiger partial charge >= 0.3 is 0 Å². The monoisotopic (exact) mass is 365 g/mol. The summed E-state index contributed by atoms with van der Waals surface area (Å²) < 4.78 is 26.5. The third kappa shape index (κ3) is 19.4. The zero-order valence-electron chi connectivity index (χ0n) is 14.4. The number of hydrogen-bond donors (Lipinski definition) is 2. The van der Waals surface area contributed by atoms with Crippen molar-refractivity contribution in [1.82, 2.24) is 5.32 Å². The van der Waals surface area contributed by atoms with Crippen molar-refractivity contribution in [2.75, 3.05) is 78.4 Å². The number of hydrogen-bond acceptors (Lipinski definition) is 7. The zero-order valence-corrected chi connectivity index (χ0v) is 15.3. The second kappa shape index (κ2) is 20.4. The Morgan fingerprint density at radius 3 is 1.75 bits per heavy atom. The van der Waals surface area contributed by atoms with Crippen LogP contribution in [0.15, 0.2) is 12.7 Å². The molecule has 8 heteroatoms. The van der Waals surface area contributed by atoms with Gasteiger partial charge in [0.2, 0.25) is 5.91 Å². The van der Waals surface area contributed by atoms with Crippen LogP contribution in [0, 0.1) is 0 Å². The Morgan fingerprint density at radius 2 is 1.29 bits per heavy atom. The Morgan fingerprint density at radius 1 is 0.833 bits per heavy atom. The first kappa shape index (κ1) is 23.4. The first-order chi connectivity index (χ1) is 11.8. The lowest BCUT2D eigenvalue weighted by Crippen LogP contribution is -2.27. The zero-order chi connectivity index (χ0) is 17.7. The summed E-state index contributed by atoms with van der Waals surface area (Å²) in [5.41, 5.74) is 0. The molecule has 0 aliphatic rings. The van der Waals surface area contributed by atoms with Crippen molar-refractivity contribution in [3.05, 3.63) is 12.7 Å². The number of nitrogens with one attached hydrogen (secondary N) is 1. The molecule has 0 aliphatic heterocycles. The van der Waals surface area contributed by atoms with Crippen LogP contribution in [0.25, 0.3) is 0 Å². The number of carbonyl (C=O) groups excluding carboxylic acids is 1. The lowest BCUT2D eigenvalue weighted by Gasteiger charge is -2.08. The summed E-state index contributed by atoms with van der Waals surface area (Å²) >= 11 is 3.98. The average molecular weight is 365 g/mol. The first-order valence-corrected chi connectivity index (χ1v) is 8.81. The van der Waals surface area contributed by atoms with Crippen molar-refractivity contribution in [3.8, 4) is 0 Å². The Bertz CT molecular complexity index is 294. The van der Waals surface area contributed by atoms with Gasteiger partial charge in [-0.15, -0.1) is 6.58 Å². The maximum atomic E-state index is 11.1. The largest absolute Gasteiger partial charge is 0.377 e. The van der Waals surface area contributed by atoms with Crippen molar-refractivity contribution in [2.45, 2.75) is 6.42 Å². The van der Waals surface area contributed by atoms with Crippen molar-refractivity contribution in [1.29, 1.82) is 0 Å². The van der Waals surface area contributed by atoms with E-state index in [2.05, 4.69) is 24.5 Å². The highest BCUT2D eigenvalue weighted by atomic mass is 32.1. The van der Waals surface area contributed by atoms with Gasteiger partial charge in [0, 0.05) is 13.0 Å². The summed E-state index contributed by atoms with van der Waals surface area (Å²) in [6.45, 7) is 9.33. The van der Waals surface area contributed by atoms with Crippen molar-refractivity contribution >= 4 is 18.5 Å². The molecule has 0 aliphatic carbocycles. The van der Waals surface area contributed by atoms with E-state index in [9.17, 15) is 4.79 Å². The number of amides is 1. The quantitative estimate of drug-likeness (QED) is 0.199. The predicted molar refractivity (Wildman–Crippen MR) is 95.8 cm³/mol. The Labute approximate surface area is 150 Å². The molecule has 0 rings (SSSR count). The van der Waals surface area contributed by atoms with Gasteiger partial charge in [-0.25, -0.2) is 0 Å². The van der Waals surface area contributed by atoms with E-state index in [-0.39, 0.29) is 5.91 Å². The van der Waals surface area contributed by atoms with Gasteiger partial charge < -0.3 is 29.0 Å². The van der Waals surface area contributed by atoms with Crippen LogP contribution >= 0.6 is 12.6 Å². The molecule has 0 atom stereocenters. The first-order valence-electron chi connectivity index (χ1n) is 8.18. The van der Waals surface area contributed by atoms with Crippen LogP contribution < -0.4 is 5.32 Å². The van der Waals surface area contributed by atoms with Gasteiger partial charge in [-0.05, 0) is 5.75 Å². The summed E-state index contributed by atoms with van der Waals surface area (Å²) in [5, 5.41) is 2.74. The molecule has 142 valence electrons. The molecule has 0 bridgehead atoms. The molecule has 0 aromatic heterocycles. The van der Waals surface area contributed by atoms with E-state index in [0.717, 1.165) is 0 Å². The molecule has 1 amide bonds. The maximum Gasteiger partial charge on any atom is 0.220 e. The normalized spacial score (nSPS) is 10.7.